The first kappa shape index (κ1) is 5.60. The Kier molecular flexibility index (Phi) is 1.51. The molecule has 1 aliphatic carbocycles. The second-order valence-corrected chi connectivity index (χ2v) is 2.22. The second-order valence-electron chi connectivity index (χ2n) is 2.22. The molecule has 1 fully saturated rings. The van der Waals surface area contributed by atoms with Crippen LogP contribution in [0.1, 0.15) is 19.3 Å². The lowest BCUT2D eigenvalue weighted by Gasteiger charge is -1.92. The van der Waals surface area contributed by atoms with Crippen molar-refractivity contribution >= 4 is 5.97 Å². The summed E-state index contributed by atoms with van der Waals surface area (Å²) >= 11 is 0. The molecule has 0 saturated heterocycles. The molecule has 0 unspecified atom stereocenters. The van der Waals surface area contributed by atoms with Gasteiger partial charge >= 0.3 is 5.97 Å². The predicted octanol–water partition coefficient (Wildman–Crippen LogP) is 0.959. The minimum atomic E-state index is -0.0625. The summed E-state index contributed by atoms with van der Waals surface area (Å²) in [5.41, 5.74) is 0. The van der Waals surface area contributed by atoms with Crippen molar-refractivity contribution in [1.29, 1.82) is 0 Å². The van der Waals surface area contributed by atoms with Crippen molar-refractivity contribution in [1.82, 2.24) is 0 Å². The minimum Gasteiger partial charge on any atom is -0.469 e. The van der Waals surface area contributed by atoms with E-state index in [1.165, 1.54) is 20.0 Å². The van der Waals surface area contributed by atoms with Crippen LogP contribution in [0.2, 0.25) is 0 Å². The zero-order valence-electron chi connectivity index (χ0n) is 5.02. The molecule has 0 atom stereocenters. The van der Waals surface area contributed by atoms with Crippen molar-refractivity contribution in [2.24, 2.45) is 5.92 Å². The van der Waals surface area contributed by atoms with Crippen molar-refractivity contribution < 1.29 is 9.53 Å². The standard InChI is InChI=1S/C6H10O2/c1-8-6(7)4-5-2-3-5/h5H,2-4H2,1H3. The lowest BCUT2D eigenvalue weighted by atomic mass is 10.3. The lowest BCUT2D eigenvalue weighted by Crippen LogP contribution is -1.99. The first-order chi connectivity index (χ1) is 3.83. The number of ether oxygens (including phenoxy) is 1. The fourth-order valence-electron chi connectivity index (χ4n) is 0.641. The number of methoxy groups -OCH3 is 1. The summed E-state index contributed by atoms with van der Waals surface area (Å²) in [6.07, 6.45) is 3.07. The van der Waals surface area contributed by atoms with Gasteiger partial charge in [-0.3, -0.25) is 4.79 Å². The van der Waals surface area contributed by atoms with Gasteiger partial charge in [0.25, 0.3) is 0 Å². The topological polar surface area (TPSA) is 26.3 Å². The van der Waals surface area contributed by atoms with Gasteiger partial charge < -0.3 is 4.74 Å². The van der Waals surface area contributed by atoms with Crippen LogP contribution in [0.4, 0.5) is 0 Å². The summed E-state index contributed by atoms with van der Waals surface area (Å²) in [5.74, 6) is 0.593. The van der Waals surface area contributed by atoms with E-state index in [0.29, 0.717) is 12.3 Å². The maximum atomic E-state index is 10.4. The van der Waals surface area contributed by atoms with Crippen LogP contribution in [-0.4, -0.2) is 13.1 Å². The first-order valence-corrected chi connectivity index (χ1v) is 2.89. The molecule has 0 aromatic heterocycles. The average Bonchev–Trinajstić information content (AvgIpc) is 2.50. The van der Waals surface area contributed by atoms with E-state index >= 15 is 0 Å². The molecule has 8 heavy (non-hydrogen) atoms. The summed E-state index contributed by atoms with van der Waals surface area (Å²) in [5, 5.41) is 0. The SMILES string of the molecule is COC(=O)CC1CC1. The van der Waals surface area contributed by atoms with E-state index in [0.717, 1.165) is 0 Å². The van der Waals surface area contributed by atoms with Gasteiger partial charge in [0.1, 0.15) is 0 Å². The van der Waals surface area contributed by atoms with Gasteiger partial charge in [-0.1, -0.05) is 0 Å². The number of esters is 1. The molecular weight excluding hydrogens is 104 g/mol. The van der Waals surface area contributed by atoms with Crippen molar-refractivity contribution in [3.05, 3.63) is 0 Å². The summed E-state index contributed by atoms with van der Waals surface area (Å²) in [7, 11) is 1.44. The van der Waals surface area contributed by atoms with Gasteiger partial charge in [-0.25, -0.2) is 0 Å². The zero-order chi connectivity index (χ0) is 5.98. The van der Waals surface area contributed by atoms with Crippen LogP contribution in [0.5, 0.6) is 0 Å². The highest BCUT2D eigenvalue weighted by molar-refractivity contribution is 5.69. The maximum absolute atomic E-state index is 10.4. The third-order valence-electron chi connectivity index (χ3n) is 1.38. The Morgan fingerprint density at radius 3 is 2.75 bits per heavy atom. The molecule has 2 nitrogen and oxygen atoms in total. The van der Waals surface area contributed by atoms with Crippen LogP contribution in [0.3, 0.4) is 0 Å². The summed E-state index contributed by atoms with van der Waals surface area (Å²) in [4.78, 5) is 10.4. The van der Waals surface area contributed by atoms with Crippen LogP contribution in [0.15, 0.2) is 0 Å². The van der Waals surface area contributed by atoms with Crippen molar-refractivity contribution in [2.75, 3.05) is 7.11 Å². The van der Waals surface area contributed by atoms with E-state index < -0.39 is 0 Å². The summed E-state index contributed by atoms with van der Waals surface area (Å²) in [6.45, 7) is 0. The van der Waals surface area contributed by atoms with Crippen molar-refractivity contribution in [3.8, 4) is 0 Å². The molecule has 0 amide bonds. The highest BCUT2D eigenvalue weighted by Crippen LogP contribution is 2.32. The Balaban J connectivity index is 2.07. The quantitative estimate of drug-likeness (QED) is 0.500. The third kappa shape index (κ3) is 1.52. The highest BCUT2D eigenvalue weighted by Gasteiger charge is 2.24. The van der Waals surface area contributed by atoms with Gasteiger partial charge in [0.05, 0.1) is 7.11 Å². The van der Waals surface area contributed by atoms with E-state index in [1.807, 2.05) is 0 Å². The van der Waals surface area contributed by atoms with Gasteiger partial charge in [0.2, 0.25) is 0 Å². The molecule has 0 spiro atoms. The van der Waals surface area contributed by atoms with Crippen molar-refractivity contribution in [3.63, 3.8) is 0 Å². The molecule has 1 saturated carbocycles. The average molecular weight is 114 g/mol. The third-order valence-corrected chi connectivity index (χ3v) is 1.38. The van der Waals surface area contributed by atoms with E-state index in [1.54, 1.807) is 0 Å². The Morgan fingerprint density at radius 1 is 1.75 bits per heavy atom. The van der Waals surface area contributed by atoms with Gasteiger partial charge in [-0.15, -0.1) is 0 Å². The van der Waals surface area contributed by atoms with Crippen molar-refractivity contribution in [2.45, 2.75) is 19.3 Å². The second kappa shape index (κ2) is 2.16. The molecule has 0 aromatic rings. The van der Waals surface area contributed by atoms with Gasteiger partial charge in [0, 0.05) is 6.42 Å². The van der Waals surface area contributed by atoms with Gasteiger partial charge in [-0.2, -0.15) is 0 Å². The number of carbonyl (C=O) groups excluding carboxylic acids is 1. The monoisotopic (exact) mass is 114 g/mol. The van der Waals surface area contributed by atoms with E-state index in [-0.39, 0.29) is 5.97 Å². The van der Waals surface area contributed by atoms with Crippen LogP contribution in [-0.2, 0) is 9.53 Å². The molecular formula is C6H10O2. The molecule has 2 heteroatoms. The Morgan fingerprint density at radius 2 is 2.38 bits per heavy atom. The molecule has 1 aliphatic rings. The molecule has 1 rings (SSSR count). The van der Waals surface area contributed by atoms with Crippen LogP contribution in [0, 0.1) is 5.92 Å². The van der Waals surface area contributed by atoms with E-state index in [4.69, 9.17) is 0 Å². The number of hydrogen-bond acceptors (Lipinski definition) is 2. The molecule has 0 heterocycles. The number of hydrogen-bond donors (Lipinski definition) is 0. The highest BCUT2D eigenvalue weighted by atomic mass is 16.5. The molecule has 46 valence electrons. The van der Waals surface area contributed by atoms with Gasteiger partial charge in [0.15, 0.2) is 0 Å². The van der Waals surface area contributed by atoms with Crippen LogP contribution < -0.4 is 0 Å². The normalized spacial score (nSPS) is 18.1. The summed E-state index contributed by atoms with van der Waals surface area (Å²) in [6, 6.07) is 0. The number of rotatable bonds is 2. The van der Waals surface area contributed by atoms with Crippen LogP contribution >= 0.6 is 0 Å². The largest absolute Gasteiger partial charge is 0.469 e. The Labute approximate surface area is 48.8 Å². The molecule has 0 aliphatic heterocycles. The summed E-state index contributed by atoms with van der Waals surface area (Å²) < 4.78 is 4.46. The Hall–Kier alpha value is -0.530. The molecule has 0 bridgehead atoms. The Bertz CT molecular complexity index is 94.7. The van der Waals surface area contributed by atoms with E-state index in [9.17, 15) is 4.79 Å². The maximum Gasteiger partial charge on any atom is 0.305 e. The smallest absolute Gasteiger partial charge is 0.305 e. The van der Waals surface area contributed by atoms with Crippen LogP contribution in [0.25, 0.3) is 0 Å². The minimum absolute atomic E-state index is 0.0625. The molecule has 0 N–H and O–H groups in total. The first-order valence-electron chi connectivity index (χ1n) is 2.89. The lowest BCUT2D eigenvalue weighted by molar-refractivity contribution is -0.141. The van der Waals surface area contributed by atoms with Gasteiger partial charge in [-0.05, 0) is 18.8 Å². The van der Waals surface area contributed by atoms with E-state index in [2.05, 4.69) is 4.74 Å². The predicted molar refractivity (Wildman–Crippen MR) is 29.4 cm³/mol. The molecule has 0 aromatic carbocycles. The molecule has 0 radical (unpaired) electrons. The fraction of sp³-hybridized carbons (Fsp3) is 0.833. The fourth-order valence-corrected chi connectivity index (χ4v) is 0.641. The number of carbonyl (C=O) groups is 1. The zero-order valence-corrected chi connectivity index (χ0v) is 5.02.